The van der Waals surface area contributed by atoms with Gasteiger partial charge in [0.1, 0.15) is 5.75 Å². The highest BCUT2D eigenvalue weighted by Crippen LogP contribution is 2.29. The molecule has 2 nitrogen and oxygen atoms in total. The molecule has 0 N–H and O–H groups in total. The molecule has 0 aliphatic heterocycles. The summed E-state index contributed by atoms with van der Waals surface area (Å²) in [5.74, 6) is 1.56. The van der Waals surface area contributed by atoms with Crippen LogP contribution in [0.25, 0.3) is 0 Å². The van der Waals surface area contributed by atoms with E-state index >= 15 is 0 Å². The average Bonchev–Trinajstić information content (AvgIpc) is 2.86. The molecule has 57 valence electrons. The molecule has 0 bridgehead atoms. The van der Waals surface area contributed by atoms with Crippen LogP contribution < -0.4 is 4.74 Å². The molecule has 0 saturated heterocycles. The average molecular weight is 148 g/mol. The zero-order valence-corrected chi connectivity index (χ0v) is 6.29. The monoisotopic (exact) mass is 148 g/mol. The van der Waals surface area contributed by atoms with Crippen LogP contribution in [0, 0.1) is 12.0 Å². The van der Waals surface area contributed by atoms with Gasteiger partial charge in [-0.15, -0.1) is 0 Å². The summed E-state index contributed by atoms with van der Waals surface area (Å²) in [6.45, 7) is 0.836. The number of nitrogens with zero attached hydrogens (tertiary/aromatic N) is 1. The molecular weight excluding hydrogens is 138 g/mol. The fraction of sp³-hybridized carbons (Fsp3) is 0.444. The summed E-state index contributed by atoms with van der Waals surface area (Å²) in [6.07, 6.45) is 6.03. The Morgan fingerprint density at radius 3 is 3.18 bits per heavy atom. The Morgan fingerprint density at radius 2 is 2.55 bits per heavy atom. The predicted molar refractivity (Wildman–Crippen MR) is 41.3 cm³/mol. The van der Waals surface area contributed by atoms with Crippen molar-refractivity contribution >= 4 is 0 Å². The highest BCUT2D eigenvalue weighted by atomic mass is 16.5. The summed E-state index contributed by atoms with van der Waals surface area (Å²) < 4.78 is 5.41. The normalized spacial score (nSPS) is 16.4. The molecule has 0 unspecified atom stereocenters. The zero-order chi connectivity index (χ0) is 7.52. The Kier molecular flexibility index (Phi) is 1.76. The van der Waals surface area contributed by atoms with Gasteiger partial charge in [-0.3, -0.25) is 4.98 Å². The Hall–Kier alpha value is -1.05. The van der Waals surface area contributed by atoms with E-state index in [0.29, 0.717) is 0 Å². The second-order valence-electron chi connectivity index (χ2n) is 2.86. The number of hydrogen-bond acceptors (Lipinski definition) is 2. The van der Waals surface area contributed by atoms with Crippen molar-refractivity contribution in [2.75, 3.05) is 6.61 Å². The molecule has 0 amide bonds. The van der Waals surface area contributed by atoms with Gasteiger partial charge in [-0.05, 0) is 24.8 Å². The largest absolute Gasteiger partial charge is 0.491 e. The first kappa shape index (κ1) is 6.65. The van der Waals surface area contributed by atoms with Gasteiger partial charge < -0.3 is 4.74 Å². The first-order chi connectivity index (χ1) is 5.45. The molecule has 2 rings (SSSR count). The van der Waals surface area contributed by atoms with Crippen LogP contribution in [-0.4, -0.2) is 11.6 Å². The molecule has 0 atom stereocenters. The maximum atomic E-state index is 5.41. The summed E-state index contributed by atoms with van der Waals surface area (Å²) >= 11 is 0. The number of aromatic nitrogens is 1. The third-order valence-corrected chi connectivity index (χ3v) is 1.75. The summed E-state index contributed by atoms with van der Waals surface area (Å²) in [6, 6.07) is 4.73. The Balaban J connectivity index is 1.85. The maximum Gasteiger partial charge on any atom is 0.145 e. The molecule has 1 aromatic rings. The van der Waals surface area contributed by atoms with E-state index in [1.165, 1.54) is 12.8 Å². The molecular formula is C9H10NO. The number of ether oxygens (including phenoxy) is 1. The third-order valence-electron chi connectivity index (χ3n) is 1.75. The van der Waals surface area contributed by atoms with Gasteiger partial charge in [0.25, 0.3) is 0 Å². The Labute approximate surface area is 66.2 Å². The number of hydrogen-bond donors (Lipinski definition) is 0. The van der Waals surface area contributed by atoms with Crippen LogP contribution in [0.4, 0.5) is 0 Å². The second kappa shape index (κ2) is 2.91. The number of pyridine rings is 1. The van der Waals surface area contributed by atoms with Crippen LogP contribution in [0.3, 0.4) is 0 Å². The molecule has 1 aliphatic rings. The zero-order valence-electron chi connectivity index (χ0n) is 6.29. The minimum absolute atomic E-state index is 0.763. The van der Waals surface area contributed by atoms with Gasteiger partial charge in [0.15, 0.2) is 0 Å². The lowest BCUT2D eigenvalue weighted by molar-refractivity contribution is 0.298. The molecule has 2 heteroatoms. The van der Waals surface area contributed by atoms with E-state index in [1.54, 1.807) is 18.5 Å². The minimum Gasteiger partial charge on any atom is -0.491 e. The van der Waals surface area contributed by atoms with Gasteiger partial charge in [-0.2, -0.15) is 0 Å². The SMILES string of the molecule is [c]1ccncc1OCC1CC1. The second-order valence-corrected chi connectivity index (χ2v) is 2.86. The van der Waals surface area contributed by atoms with E-state index in [-0.39, 0.29) is 0 Å². The van der Waals surface area contributed by atoms with Crippen LogP contribution >= 0.6 is 0 Å². The summed E-state index contributed by atoms with van der Waals surface area (Å²) in [7, 11) is 0. The molecule has 1 saturated carbocycles. The van der Waals surface area contributed by atoms with Crippen LogP contribution in [0.2, 0.25) is 0 Å². The van der Waals surface area contributed by atoms with E-state index in [2.05, 4.69) is 11.1 Å². The van der Waals surface area contributed by atoms with Crippen molar-refractivity contribution in [2.45, 2.75) is 12.8 Å². The third kappa shape index (κ3) is 1.93. The van der Waals surface area contributed by atoms with Crippen molar-refractivity contribution in [1.29, 1.82) is 0 Å². The predicted octanol–water partition coefficient (Wildman–Crippen LogP) is 1.67. The first-order valence-electron chi connectivity index (χ1n) is 3.89. The lowest BCUT2D eigenvalue weighted by Gasteiger charge is -2.01. The summed E-state index contributed by atoms with van der Waals surface area (Å²) in [4.78, 5) is 3.93. The van der Waals surface area contributed by atoms with E-state index < -0.39 is 0 Å². The lowest BCUT2D eigenvalue weighted by Crippen LogP contribution is -1.98. The molecule has 11 heavy (non-hydrogen) atoms. The van der Waals surface area contributed by atoms with Gasteiger partial charge in [0, 0.05) is 12.3 Å². The Morgan fingerprint density at radius 1 is 1.64 bits per heavy atom. The van der Waals surface area contributed by atoms with Gasteiger partial charge in [-0.1, -0.05) is 0 Å². The molecule has 1 radical (unpaired) electrons. The van der Waals surface area contributed by atoms with Crippen molar-refractivity contribution in [3.8, 4) is 5.75 Å². The van der Waals surface area contributed by atoms with Crippen LogP contribution in [-0.2, 0) is 0 Å². The molecule has 0 aromatic carbocycles. The van der Waals surface area contributed by atoms with Crippen molar-refractivity contribution in [2.24, 2.45) is 5.92 Å². The van der Waals surface area contributed by atoms with Crippen LogP contribution in [0.15, 0.2) is 18.5 Å². The Bertz CT molecular complexity index is 218. The molecule has 1 fully saturated rings. The highest BCUT2D eigenvalue weighted by Gasteiger charge is 2.21. The standard InChI is InChI=1S/C9H10NO/c1-2-9(6-10-5-1)11-7-8-3-4-8/h1,5-6,8H,3-4,7H2. The van der Waals surface area contributed by atoms with Gasteiger partial charge >= 0.3 is 0 Å². The van der Waals surface area contributed by atoms with Gasteiger partial charge in [0.2, 0.25) is 0 Å². The van der Waals surface area contributed by atoms with Crippen LogP contribution in [0.5, 0.6) is 5.75 Å². The topological polar surface area (TPSA) is 22.1 Å². The highest BCUT2D eigenvalue weighted by molar-refractivity contribution is 5.13. The molecule has 1 heterocycles. The lowest BCUT2D eigenvalue weighted by atomic mass is 10.4. The summed E-state index contributed by atoms with van der Waals surface area (Å²) in [5.41, 5.74) is 0. The van der Waals surface area contributed by atoms with Crippen LogP contribution in [0.1, 0.15) is 12.8 Å². The maximum absolute atomic E-state index is 5.41. The van der Waals surface area contributed by atoms with E-state index in [1.807, 2.05) is 0 Å². The molecule has 0 spiro atoms. The van der Waals surface area contributed by atoms with E-state index in [0.717, 1.165) is 18.3 Å². The smallest absolute Gasteiger partial charge is 0.145 e. The quantitative estimate of drug-likeness (QED) is 0.650. The molecule has 1 aliphatic carbocycles. The first-order valence-corrected chi connectivity index (χ1v) is 3.89. The molecule has 1 aromatic heterocycles. The fourth-order valence-corrected chi connectivity index (χ4v) is 0.882. The van der Waals surface area contributed by atoms with Crippen molar-refractivity contribution < 1.29 is 4.74 Å². The van der Waals surface area contributed by atoms with E-state index in [9.17, 15) is 0 Å². The van der Waals surface area contributed by atoms with Gasteiger partial charge in [-0.25, -0.2) is 0 Å². The van der Waals surface area contributed by atoms with Crippen molar-refractivity contribution in [1.82, 2.24) is 4.98 Å². The van der Waals surface area contributed by atoms with E-state index in [4.69, 9.17) is 4.74 Å². The minimum atomic E-state index is 0.763. The fourth-order valence-electron chi connectivity index (χ4n) is 0.882. The van der Waals surface area contributed by atoms with Crippen molar-refractivity contribution in [3.63, 3.8) is 0 Å². The van der Waals surface area contributed by atoms with Crippen molar-refractivity contribution in [3.05, 3.63) is 24.5 Å². The summed E-state index contributed by atoms with van der Waals surface area (Å²) in [5, 5.41) is 0. The number of rotatable bonds is 3. The van der Waals surface area contributed by atoms with Gasteiger partial charge in [0.05, 0.1) is 12.8 Å².